The van der Waals surface area contributed by atoms with E-state index in [0.29, 0.717) is 12.6 Å². The molecule has 1 aliphatic heterocycles. The van der Waals surface area contributed by atoms with E-state index in [-0.39, 0.29) is 5.46 Å². The number of hydrogen-bond acceptors (Lipinski definition) is 4. The Balaban J connectivity index is 2.12. The van der Waals surface area contributed by atoms with Crippen LogP contribution in [0.2, 0.25) is 0 Å². The quantitative estimate of drug-likeness (QED) is 0.782. The van der Waals surface area contributed by atoms with Gasteiger partial charge in [0, 0.05) is 30.6 Å². The van der Waals surface area contributed by atoms with Crippen LogP contribution in [0.25, 0.3) is 0 Å². The fourth-order valence-electron chi connectivity index (χ4n) is 2.15. The number of nitrogens with zero attached hydrogens (tertiary/aromatic N) is 1. The summed E-state index contributed by atoms with van der Waals surface area (Å²) in [6.07, 6.45) is 0. The maximum atomic E-state index is 13.4. The van der Waals surface area contributed by atoms with Gasteiger partial charge in [0.2, 0.25) is 0 Å². The summed E-state index contributed by atoms with van der Waals surface area (Å²) < 4.78 is 13.4. The van der Waals surface area contributed by atoms with E-state index in [1.165, 1.54) is 6.07 Å². The van der Waals surface area contributed by atoms with Crippen LogP contribution in [0.5, 0.6) is 0 Å². The molecule has 0 aliphatic carbocycles. The zero-order valence-electron chi connectivity index (χ0n) is 10.3. The first-order chi connectivity index (χ1) is 8.56. The average Bonchev–Trinajstić information content (AvgIpc) is 2.31. The molecule has 2 N–H and O–H groups in total. The lowest BCUT2D eigenvalue weighted by Gasteiger charge is -2.33. The van der Waals surface area contributed by atoms with E-state index in [0.717, 1.165) is 29.7 Å². The third-order valence-corrected chi connectivity index (χ3v) is 4.36. The molecular weight excluding hydrogens is 252 g/mol. The first-order valence-electron chi connectivity index (χ1n) is 6.03. The second-order valence-corrected chi connectivity index (χ2v) is 5.81. The van der Waals surface area contributed by atoms with Gasteiger partial charge in [-0.2, -0.15) is 11.8 Å². The van der Waals surface area contributed by atoms with Gasteiger partial charge >= 0.3 is 7.12 Å². The maximum Gasteiger partial charge on any atom is 0.488 e. The Morgan fingerprint density at radius 1 is 1.44 bits per heavy atom. The molecule has 6 heteroatoms. The van der Waals surface area contributed by atoms with Crippen molar-refractivity contribution in [3.63, 3.8) is 0 Å². The van der Waals surface area contributed by atoms with Crippen molar-refractivity contribution in [2.45, 2.75) is 19.5 Å². The summed E-state index contributed by atoms with van der Waals surface area (Å²) in [6, 6.07) is 4.74. The van der Waals surface area contributed by atoms with Crippen LogP contribution in [0.4, 0.5) is 4.39 Å². The lowest BCUT2D eigenvalue weighted by Crippen LogP contribution is -2.40. The molecule has 1 aromatic rings. The molecule has 0 spiro atoms. The standard InChI is InChI=1S/C12H17BFNO2S/c1-9-8-18-3-2-15(9)7-10-4-11(13(16)17)6-12(14)5-10/h4-6,9,16-17H,2-3,7-8H2,1H3. The summed E-state index contributed by atoms with van der Waals surface area (Å²) >= 11 is 1.93. The molecular formula is C12H17BFNO2S. The van der Waals surface area contributed by atoms with E-state index in [1.807, 2.05) is 11.8 Å². The highest BCUT2D eigenvalue weighted by molar-refractivity contribution is 7.99. The van der Waals surface area contributed by atoms with E-state index >= 15 is 0 Å². The predicted octanol–water partition coefficient (Wildman–Crippen LogP) is 0.443. The summed E-state index contributed by atoms with van der Waals surface area (Å²) in [5.74, 6) is 1.76. The molecule has 2 rings (SSSR count). The van der Waals surface area contributed by atoms with Gasteiger partial charge < -0.3 is 10.0 Å². The van der Waals surface area contributed by atoms with E-state index in [1.54, 1.807) is 6.07 Å². The number of benzene rings is 1. The Hall–Kier alpha value is -0.555. The number of halogens is 1. The van der Waals surface area contributed by atoms with Crippen LogP contribution in [-0.4, -0.2) is 46.2 Å². The van der Waals surface area contributed by atoms with Crippen molar-refractivity contribution >= 4 is 24.3 Å². The van der Waals surface area contributed by atoms with E-state index in [4.69, 9.17) is 10.0 Å². The van der Waals surface area contributed by atoms with Gasteiger partial charge in [-0.3, -0.25) is 4.90 Å². The van der Waals surface area contributed by atoms with E-state index < -0.39 is 12.9 Å². The highest BCUT2D eigenvalue weighted by Gasteiger charge is 2.20. The Kier molecular flexibility index (Phi) is 4.67. The normalized spacial score (nSPS) is 21.0. The molecule has 1 atom stereocenters. The molecule has 18 heavy (non-hydrogen) atoms. The SMILES string of the molecule is CC1CSCCN1Cc1cc(F)cc(B(O)O)c1. The highest BCUT2D eigenvalue weighted by atomic mass is 32.2. The van der Waals surface area contributed by atoms with Crippen LogP contribution in [0.1, 0.15) is 12.5 Å². The molecule has 0 amide bonds. The summed E-state index contributed by atoms with van der Waals surface area (Å²) in [7, 11) is -1.62. The van der Waals surface area contributed by atoms with Gasteiger partial charge in [-0.1, -0.05) is 6.07 Å². The van der Waals surface area contributed by atoms with Gasteiger partial charge in [0.15, 0.2) is 0 Å². The first-order valence-corrected chi connectivity index (χ1v) is 7.19. The molecule has 0 saturated carbocycles. The van der Waals surface area contributed by atoms with Gasteiger partial charge in [0.05, 0.1) is 0 Å². The van der Waals surface area contributed by atoms with Crippen molar-refractivity contribution in [1.82, 2.24) is 4.90 Å². The molecule has 3 nitrogen and oxygen atoms in total. The summed E-state index contributed by atoms with van der Waals surface area (Å²) in [6.45, 7) is 3.80. The summed E-state index contributed by atoms with van der Waals surface area (Å²) in [4.78, 5) is 2.29. The third-order valence-electron chi connectivity index (χ3n) is 3.17. The minimum absolute atomic E-state index is 0.212. The molecule has 1 aliphatic rings. The van der Waals surface area contributed by atoms with Crippen molar-refractivity contribution in [2.75, 3.05) is 18.1 Å². The molecule has 1 heterocycles. The van der Waals surface area contributed by atoms with Crippen LogP contribution < -0.4 is 5.46 Å². The second kappa shape index (κ2) is 6.06. The van der Waals surface area contributed by atoms with Gasteiger partial charge in [0.25, 0.3) is 0 Å². The molecule has 98 valence electrons. The van der Waals surface area contributed by atoms with Crippen LogP contribution in [-0.2, 0) is 6.54 Å². The molecule has 1 aromatic carbocycles. The molecule has 0 bridgehead atoms. The van der Waals surface area contributed by atoms with Crippen LogP contribution in [0, 0.1) is 5.82 Å². The van der Waals surface area contributed by atoms with Gasteiger partial charge in [0.1, 0.15) is 5.82 Å². The van der Waals surface area contributed by atoms with Crippen LogP contribution >= 0.6 is 11.8 Å². The maximum absolute atomic E-state index is 13.4. The second-order valence-electron chi connectivity index (χ2n) is 4.66. The molecule has 1 fully saturated rings. The molecule has 0 aromatic heterocycles. The van der Waals surface area contributed by atoms with Crippen molar-refractivity contribution in [3.05, 3.63) is 29.6 Å². The Labute approximate surface area is 111 Å². The molecule has 1 unspecified atom stereocenters. The lowest BCUT2D eigenvalue weighted by atomic mass is 9.79. The Morgan fingerprint density at radius 3 is 2.89 bits per heavy atom. The van der Waals surface area contributed by atoms with E-state index in [2.05, 4.69) is 11.8 Å². The highest BCUT2D eigenvalue weighted by Crippen LogP contribution is 2.18. The monoisotopic (exact) mass is 269 g/mol. The smallest absolute Gasteiger partial charge is 0.423 e. The predicted molar refractivity (Wildman–Crippen MR) is 73.4 cm³/mol. The van der Waals surface area contributed by atoms with Crippen LogP contribution in [0.3, 0.4) is 0 Å². The third kappa shape index (κ3) is 3.48. The van der Waals surface area contributed by atoms with Gasteiger partial charge in [-0.15, -0.1) is 0 Å². The minimum Gasteiger partial charge on any atom is -0.423 e. The van der Waals surface area contributed by atoms with Crippen molar-refractivity contribution in [1.29, 1.82) is 0 Å². The Morgan fingerprint density at radius 2 is 2.22 bits per heavy atom. The largest absolute Gasteiger partial charge is 0.488 e. The first kappa shape index (κ1) is 13.9. The van der Waals surface area contributed by atoms with Gasteiger partial charge in [-0.05, 0) is 30.1 Å². The summed E-state index contributed by atoms with van der Waals surface area (Å²) in [5, 5.41) is 18.2. The summed E-state index contributed by atoms with van der Waals surface area (Å²) in [5.41, 5.74) is 1.00. The van der Waals surface area contributed by atoms with Crippen molar-refractivity contribution in [3.8, 4) is 0 Å². The fraction of sp³-hybridized carbons (Fsp3) is 0.500. The van der Waals surface area contributed by atoms with Crippen LogP contribution in [0.15, 0.2) is 18.2 Å². The van der Waals surface area contributed by atoms with E-state index in [9.17, 15) is 4.39 Å². The zero-order valence-corrected chi connectivity index (χ0v) is 11.2. The topological polar surface area (TPSA) is 43.7 Å². The van der Waals surface area contributed by atoms with Gasteiger partial charge in [-0.25, -0.2) is 4.39 Å². The fourth-order valence-corrected chi connectivity index (χ4v) is 3.23. The lowest BCUT2D eigenvalue weighted by molar-refractivity contribution is 0.223. The van der Waals surface area contributed by atoms with Crippen molar-refractivity contribution in [2.24, 2.45) is 0 Å². The Bertz CT molecular complexity index is 419. The average molecular weight is 269 g/mol. The number of rotatable bonds is 3. The number of thioether (sulfide) groups is 1. The molecule has 1 saturated heterocycles. The number of hydrogen-bond donors (Lipinski definition) is 2. The minimum atomic E-state index is -1.62. The molecule has 0 radical (unpaired) electrons. The zero-order chi connectivity index (χ0) is 13.1. The van der Waals surface area contributed by atoms with Crippen molar-refractivity contribution < 1.29 is 14.4 Å².